The first-order chi connectivity index (χ1) is 18.0. The van der Waals surface area contributed by atoms with Gasteiger partial charge in [-0.2, -0.15) is 9.97 Å². The Balaban J connectivity index is 0.000000480. The standard InChI is InChI=1S/C23H26N6O2.C5H12O/c1-25-21(30)16-4-2-3-15(13-16)18-6-5-17-19(24)27-22(28-20(17)26-18)29-10-7-23(8-11-29)9-12-31-14-23;1-3-5-6-4-2/h2-6,13H,7-12,14H2,1H3,(H,25,30)(H2,24,26,27,28);3-5H2,1-2H3. The number of carbonyl (C=O) groups is 1. The predicted octanol–water partition coefficient (Wildman–Crippen LogP) is 4.07. The predicted molar refractivity (Wildman–Crippen MR) is 147 cm³/mol. The molecule has 2 saturated heterocycles. The van der Waals surface area contributed by atoms with E-state index >= 15 is 0 Å². The summed E-state index contributed by atoms with van der Waals surface area (Å²) in [4.78, 5) is 28.2. The van der Waals surface area contributed by atoms with Crippen molar-refractivity contribution in [2.45, 2.75) is 39.5 Å². The van der Waals surface area contributed by atoms with Crippen molar-refractivity contribution in [3.05, 3.63) is 42.0 Å². The topological polar surface area (TPSA) is 115 Å². The number of nitrogens with zero attached hydrogens (tertiary/aromatic N) is 4. The molecule has 9 heteroatoms. The van der Waals surface area contributed by atoms with Crippen LogP contribution in [0.2, 0.25) is 0 Å². The van der Waals surface area contributed by atoms with Crippen LogP contribution in [-0.2, 0) is 9.47 Å². The van der Waals surface area contributed by atoms with Crippen molar-refractivity contribution in [3.8, 4) is 11.3 Å². The van der Waals surface area contributed by atoms with Crippen molar-refractivity contribution in [2.75, 3.05) is 57.2 Å². The molecule has 0 bridgehead atoms. The number of hydrogen-bond acceptors (Lipinski definition) is 8. The number of aromatic nitrogens is 3. The summed E-state index contributed by atoms with van der Waals surface area (Å²) in [5.74, 6) is 0.928. The number of pyridine rings is 1. The van der Waals surface area contributed by atoms with Gasteiger partial charge in [-0.3, -0.25) is 4.79 Å². The molecule has 4 heterocycles. The summed E-state index contributed by atoms with van der Waals surface area (Å²) < 4.78 is 10.6. The second kappa shape index (κ2) is 12.3. The van der Waals surface area contributed by atoms with Gasteiger partial charge in [-0.25, -0.2) is 4.98 Å². The van der Waals surface area contributed by atoms with E-state index in [9.17, 15) is 4.79 Å². The lowest BCUT2D eigenvalue weighted by Crippen LogP contribution is -2.41. The normalized spacial score (nSPS) is 16.5. The van der Waals surface area contributed by atoms with Gasteiger partial charge < -0.3 is 25.4 Å². The summed E-state index contributed by atoms with van der Waals surface area (Å²) in [7, 11) is 1.62. The third-order valence-electron chi connectivity index (χ3n) is 7.07. The van der Waals surface area contributed by atoms with E-state index in [-0.39, 0.29) is 5.91 Å². The van der Waals surface area contributed by atoms with Crippen molar-refractivity contribution in [2.24, 2.45) is 5.41 Å². The van der Waals surface area contributed by atoms with Gasteiger partial charge in [0, 0.05) is 51.1 Å². The number of hydrogen-bond donors (Lipinski definition) is 2. The van der Waals surface area contributed by atoms with E-state index in [4.69, 9.17) is 25.2 Å². The summed E-state index contributed by atoms with van der Waals surface area (Å²) >= 11 is 0. The van der Waals surface area contributed by atoms with Crippen LogP contribution in [0.5, 0.6) is 0 Å². The number of rotatable bonds is 6. The third kappa shape index (κ3) is 6.34. The Labute approximate surface area is 218 Å². The average molecular weight is 507 g/mol. The zero-order valence-electron chi connectivity index (χ0n) is 22.1. The lowest BCUT2D eigenvalue weighted by molar-refractivity contribution is 0.0963. The second-order valence-electron chi connectivity index (χ2n) is 9.62. The highest BCUT2D eigenvalue weighted by atomic mass is 16.5. The number of benzene rings is 1. The van der Waals surface area contributed by atoms with E-state index in [1.54, 1.807) is 13.1 Å². The van der Waals surface area contributed by atoms with Gasteiger partial charge in [-0.05, 0) is 62.3 Å². The zero-order valence-corrected chi connectivity index (χ0v) is 22.1. The Bertz CT molecular complexity index is 1200. The van der Waals surface area contributed by atoms with Crippen LogP contribution in [0, 0.1) is 5.41 Å². The molecule has 37 heavy (non-hydrogen) atoms. The summed E-state index contributed by atoms with van der Waals surface area (Å²) in [5.41, 5.74) is 9.32. The highest BCUT2D eigenvalue weighted by molar-refractivity contribution is 5.95. The quantitative estimate of drug-likeness (QED) is 0.481. The number of piperidine rings is 1. The molecule has 1 spiro atoms. The molecule has 9 nitrogen and oxygen atoms in total. The Hall–Kier alpha value is -3.30. The molecule has 198 valence electrons. The monoisotopic (exact) mass is 506 g/mol. The number of nitrogen functional groups attached to an aromatic ring is 1. The van der Waals surface area contributed by atoms with Gasteiger partial charge in [0.05, 0.1) is 17.7 Å². The molecular formula is C28H38N6O3. The minimum atomic E-state index is -0.132. The minimum absolute atomic E-state index is 0.132. The van der Waals surface area contributed by atoms with E-state index in [1.165, 1.54) is 0 Å². The molecule has 2 aliphatic heterocycles. The summed E-state index contributed by atoms with van der Waals surface area (Å²) in [5, 5.41) is 3.38. The van der Waals surface area contributed by atoms with Gasteiger partial charge in [0.1, 0.15) is 5.82 Å². The smallest absolute Gasteiger partial charge is 0.251 e. The van der Waals surface area contributed by atoms with Crippen molar-refractivity contribution in [1.29, 1.82) is 0 Å². The molecule has 0 aliphatic carbocycles. The maximum Gasteiger partial charge on any atom is 0.251 e. The molecule has 2 aliphatic rings. The van der Waals surface area contributed by atoms with Crippen LogP contribution in [0.15, 0.2) is 36.4 Å². The lowest BCUT2D eigenvalue weighted by Gasteiger charge is -2.38. The fourth-order valence-corrected chi connectivity index (χ4v) is 4.80. The largest absolute Gasteiger partial charge is 0.383 e. The number of amides is 1. The Kier molecular flexibility index (Phi) is 8.89. The van der Waals surface area contributed by atoms with Crippen LogP contribution in [0.1, 0.15) is 49.9 Å². The van der Waals surface area contributed by atoms with Crippen LogP contribution in [0.4, 0.5) is 11.8 Å². The maximum absolute atomic E-state index is 12.0. The fourth-order valence-electron chi connectivity index (χ4n) is 4.80. The van der Waals surface area contributed by atoms with E-state index < -0.39 is 0 Å². The third-order valence-corrected chi connectivity index (χ3v) is 7.07. The van der Waals surface area contributed by atoms with Crippen LogP contribution in [-0.4, -0.2) is 67.4 Å². The van der Waals surface area contributed by atoms with Crippen LogP contribution in [0.25, 0.3) is 22.3 Å². The molecule has 2 aromatic heterocycles. The number of nitrogens with one attached hydrogen (secondary N) is 1. The summed E-state index contributed by atoms with van der Waals surface area (Å²) in [6.45, 7) is 9.40. The van der Waals surface area contributed by atoms with Gasteiger partial charge in [-0.15, -0.1) is 0 Å². The van der Waals surface area contributed by atoms with Gasteiger partial charge >= 0.3 is 0 Å². The summed E-state index contributed by atoms with van der Waals surface area (Å²) in [6.07, 6.45) is 4.43. The average Bonchev–Trinajstić information content (AvgIpc) is 3.39. The van der Waals surface area contributed by atoms with Crippen LogP contribution >= 0.6 is 0 Å². The lowest BCUT2D eigenvalue weighted by atomic mass is 9.78. The number of fused-ring (bicyclic) bond motifs is 1. The van der Waals surface area contributed by atoms with Crippen molar-refractivity contribution in [1.82, 2.24) is 20.3 Å². The summed E-state index contributed by atoms with van der Waals surface area (Å²) in [6, 6.07) is 11.2. The minimum Gasteiger partial charge on any atom is -0.383 e. The molecule has 0 unspecified atom stereocenters. The molecule has 1 amide bonds. The molecule has 0 radical (unpaired) electrons. The highest BCUT2D eigenvalue weighted by Gasteiger charge is 2.38. The molecule has 0 saturated carbocycles. The van der Waals surface area contributed by atoms with Crippen LogP contribution < -0.4 is 16.0 Å². The Morgan fingerprint density at radius 1 is 1.14 bits per heavy atom. The van der Waals surface area contributed by atoms with E-state index in [2.05, 4.69) is 22.1 Å². The van der Waals surface area contributed by atoms with Crippen LogP contribution in [0.3, 0.4) is 0 Å². The van der Waals surface area contributed by atoms with Crippen molar-refractivity contribution >= 4 is 28.7 Å². The van der Waals surface area contributed by atoms with Crippen molar-refractivity contribution in [3.63, 3.8) is 0 Å². The molecule has 3 aromatic rings. The molecule has 3 N–H and O–H groups in total. The number of ether oxygens (including phenoxy) is 2. The first kappa shape index (κ1) is 26.8. The maximum atomic E-state index is 12.0. The van der Waals surface area contributed by atoms with E-state index in [1.807, 2.05) is 37.3 Å². The van der Waals surface area contributed by atoms with Gasteiger partial charge in [0.15, 0.2) is 5.65 Å². The Morgan fingerprint density at radius 2 is 1.95 bits per heavy atom. The molecule has 2 fully saturated rings. The van der Waals surface area contributed by atoms with Gasteiger partial charge in [0.2, 0.25) is 5.95 Å². The number of carbonyl (C=O) groups excluding carboxylic acids is 1. The molecule has 0 atom stereocenters. The second-order valence-corrected chi connectivity index (χ2v) is 9.62. The Morgan fingerprint density at radius 3 is 2.59 bits per heavy atom. The fraction of sp³-hybridized carbons (Fsp3) is 0.500. The van der Waals surface area contributed by atoms with E-state index in [0.717, 1.165) is 81.8 Å². The SMILES string of the molecule is CCCOCC.CNC(=O)c1cccc(-c2ccc3c(N)nc(N4CCC5(CCOC5)CC4)nc3n2)c1. The van der Waals surface area contributed by atoms with Gasteiger partial charge in [0.25, 0.3) is 5.91 Å². The zero-order chi connectivity index (χ0) is 26.3. The first-order valence-electron chi connectivity index (χ1n) is 13.2. The molecular weight excluding hydrogens is 468 g/mol. The van der Waals surface area contributed by atoms with E-state index in [0.29, 0.717) is 28.4 Å². The molecule has 1 aromatic carbocycles. The number of anilines is 2. The number of nitrogens with two attached hydrogens (primary N) is 1. The van der Waals surface area contributed by atoms with Gasteiger partial charge in [-0.1, -0.05) is 19.1 Å². The molecule has 5 rings (SSSR count). The highest BCUT2D eigenvalue weighted by Crippen LogP contribution is 2.40. The van der Waals surface area contributed by atoms with Crippen molar-refractivity contribution < 1.29 is 14.3 Å². The first-order valence-corrected chi connectivity index (χ1v) is 13.2.